The maximum atomic E-state index is 12.3. The molecule has 2 aliphatic rings. The molecule has 0 spiro atoms. The van der Waals surface area contributed by atoms with Gasteiger partial charge in [-0.1, -0.05) is 26.2 Å². The molecule has 2 atom stereocenters. The van der Waals surface area contributed by atoms with Crippen molar-refractivity contribution in [2.45, 2.75) is 63.5 Å². The van der Waals surface area contributed by atoms with Crippen LogP contribution in [0.4, 0.5) is 0 Å². The smallest absolute Gasteiger partial charge is 0.237 e. The van der Waals surface area contributed by atoms with Crippen molar-refractivity contribution in [3.05, 3.63) is 0 Å². The van der Waals surface area contributed by atoms with Gasteiger partial charge in [0.05, 0.1) is 18.2 Å². The number of aliphatic hydroxyl groups excluding tert-OH is 1. The van der Waals surface area contributed by atoms with E-state index in [1.165, 1.54) is 6.42 Å². The van der Waals surface area contributed by atoms with Gasteiger partial charge >= 0.3 is 0 Å². The largest absolute Gasteiger partial charge is 0.394 e. The van der Waals surface area contributed by atoms with Crippen LogP contribution in [0.25, 0.3) is 0 Å². The molecule has 104 valence electrons. The lowest BCUT2D eigenvalue weighted by molar-refractivity contribution is -0.127. The Kier molecular flexibility index (Phi) is 4.62. The lowest BCUT2D eigenvalue weighted by atomic mass is 9.81. The molecule has 2 fully saturated rings. The van der Waals surface area contributed by atoms with Crippen LogP contribution in [-0.4, -0.2) is 35.7 Å². The number of amides is 1. The van der Waals surface area contributed by atoms with E-state index in [4.69, 9.17) is 0 Å². The van der Waals surface area contributed by atoms with Gasteiger partial charge in [-0.15, -0.1) is 0 Å². The summed E-state index contributed by atoms with van der Waals surface area (Å²) in [6, 6.07) is -0.0703. The highest BCUT2D eigenvalue weighted by atomic mass is 16.3. The van der Waals surface area contributed by atoms with E-state index in [-0.39, 0.29) is 24.1 Å². The zero-order chi connectivity index (χ0) is 13.0. The third-order valence-corrected chi connectivity index (χ3v) is 4.48. The van der Waals surface area contributed by atoms with Crippen LogP contribution >= 0.6 is 0 Å². The van der Waals surface area contributed by atoms with Gasteiger partial charge in [-0.3, -0.25) is 4.79 Å². The van der Waals surface area contributed by atoms with Gasteiger partial charge in [0, 0.05) is 0 Å². The summed E-state index contributed by atoms with van der Waals surface area (Å²) in [5.74, 6) is 0.691. The Balaban J connectivity index is 1.92. The minimum Gasteiger partial charge on any atom is -0.394 e. The zero-order valence-electron chi connectivity index (χ0n) is 11.4. The first kappa shape index (κ1) is 13.8. The fraction of sp³-hybridized carbons (Fsp3) is 0.929. The standard InChI is InChI=1S/C14H26N2O2/c1-11-5-8-15-12(9-11)13(18)16-14(10-17)6-3-2-4-7-14/h11-12,15,17H,2-10H2,1H3,(H,16,18). The number of carbonyl (C=O) groups is 1. The van der Waals surface area contributed by atoms with Gasteiger partial charge in [-0.25, -0.2) is 0 Å². The molecule has 3 N–H and O–H groups in total. The van der Waals surface area contributed by atoms with Crippen molar-refractivity contribution in [2.75, 3.05) is 13.2 Å². The molecule has 0 bridgehead atoms. The highest BCUT2D eigenvalue weighted by molar-refractivity contribution is 5.82. The molecular formula is C14H26N2O2. The molecule has 0 aromatic carbocycles. The maximum absolute atomic E-state index is 12.3. The summed E-state index contributed by atoms with van der Waals surface area (Å²) in [4.78, 5) is 12.3. The third kappa shape index (κ3) is 3.23. The molecule has 1 amide bonds. The molecule has 1 aliphatic carbocycles. The Labute approximate surface area is 110 Å². The van der Waals surface area contributed by atoms with E-state index < -0.39 is 0 Å². The normalized spacial score (nSPS) is 31.9. The summed E-state index contributed by atoms with van der Waals surface area (Å²) in [5, 5.41) is 16.0. The van der Waals surface area contributed by atoms with E-state index in [2.05, 4.69) is 17.6 Å². The first-order valence-electron chi connectivity index (χ1n) is 7.31. The SMILES string of the molecule is CC1CCNC(C(=O)NC2(CO)CCCCC2)C1. The van der Waals surface area contributed by atoms with E-state index in [0.29, 0.717) is 5.92 Å². The van der Waals surface area contributed by atoms with Crippen molar-refractivity contribution >= 4 is 5.91 Å². The number of aliphatic hydroxyl groups is 1. The van der Waals surface area contributed by atoms with E-state index in [1.807, 2.05) is 0 Å². The molecule has 1 heterocycles. The van der Waals surface area contributed by atoms with Gasteiger partial charge < -0.3 is 15.7 Å². The Bertz CT molecular complexity index is 288. The Morgan fingerprint density at radius 1 is 1.39 bits per heavy atom. The van der Waals surface area contributed by atoms with Crippen molar-refractivity contribution in [2.24, 2.45) is 5.92 Å². The second kappa shape index (κ2) is 6.02. The predicted molar refractivity (Wildman–Crippen MR) is 71.2 cm³/mol. The van der Waals surface area contributed by atoms with Crippen molar-refractivity contribution in [3.63, 3.8) is 0 Å². The van der Waals surface area contributed by atoms with Crippen molar-refractivity contribution in [3.8, 4) is 0 Å². The lowest BCUT2D eigenvalue weighted by Crippen LogP contribution is -2.58. The number of hydrogen-bond acceptors (Lipinski definition) is 3. The van der Waals surface area contributed by atoms with Gasteiger partial charge in [-0.05, 0) is 38.1 Å². The molecule has 2 unspecified atom stereocenters. The topological polar surface area (TPSA) is 61.4 Å². The molecule has 18 heavy (non-hydrogen) atoms. The molecule has 1 saturated carbocycles. The second-order valence-electron chi connectivity index (χ2n) is 6.12. The minimum absolute atomic E-state index is 0.0703. The van der Waals surface area contributed by atoms with Crippen LogP contribution in [0, 0.1) is 5.92 Å². The Morgan fingerprint density at radius 2 is 2.11 bits per heavy atom. The summed E-state index contributed by atoms with van der Waals surface area (Å²) in [6.45, 7) is 3.19. The molecule has 1 aliphatic heterocycles. The first-order valence-corrected chi connectivity index (χ1v) is 7.31. The second-order valence-corrected chi connectivity index (χ2v) is 6.12. The Hall–Kier alpha value is -0.610. The molecule has 0 aromatic rings. The van der Waals surface area contributed by atoms with Crippen molar-refractivity contribution in [1.82, 2.24) is 10.6 Å². The van der Waals surface area contributed by atoms with Crippen LogP contribution in [0.2, 0.25) is 0 Å². The van der Waals surface area contributed by atoms with Gasteiger partial charge in [0.25, 0.3) is 0 Å². The van der Waals surface area contributed by atoms with Gasteiger partial charge in [-0.2, -0.15) is 0 Å². The molecule has 0 radical (unpaired) electrons. The predicted octanol–water partition coefficient (Wildman–Crippen LogP) is 1.19. The summed E-state index contributed by atoms with van der Waals surface area (Å²) in [5.41, 5.74) is -0.350. The van der Waals surface area contributed by atoms with Crippen molar-refractivity contribution in [1.29, 1.82) is 0 Å². The number of piperidine rings is 1. The number of nitrogens with one attached hydrogen (secondary N) is 2. The van der Waals surface area contributed by atoms with Crippen LogP contribution in [0.1, 0.15) is 51.9 Å². The monoisotopic (exact) mass is 254 g/mol. The lowest BCUT2D eigenvalue weighted by Gasteiger charge is -2.38. The van der Waals surface area contributed by atoms with E-state index in [9.17, 15) is 9.90 Å². The minimum atomic E-state index is -0.350. The summed E-state index contributed by atoms with van der Waals surface area (Å²) < 4.78 is 0. The van der Waals surface area contributed by atoms with E-state index in [0.717, 1.165) is 45.1 Å². The van der Waals surface area contributed by atoms with Crippen LogP contribution in [0.5, 0.6) is 0 Å². The van der Waals surface area contributed by atoms with Crippen LogP contribution < -0.4 is 10.6 Å². The average molecular weight is 254 g/mol. The quantitative estimate of drug-likeness (QED) is 0.709. The summed E-state index contributed by atoms with van der Waals surface area (Å²) in [6.07, 6.45) is 7.32. The molecule has 0 aromatic heterocycles. The highest BCUT2D eigenvalue weighted by Crippen LogP contribution is 2.28. The number of hydrogen-bond donors (Lipinski definition) is 3. The van der Waals surface area contributed by atoms with Gasteiger partial charge in [0.2, 0.25) is 5.91 Å². The third-order valence-electron chi connectivity index (χ3n) is 4.48. The highest BCUT2D eigenvalue weighted by Gasteiger charge is 2.35. The van der Waals surface area contributed by atoms with Gasteiger partial charge in [0.1, 0.15) is 0 Å². The molecule has 4 nitrogen and oxygen atoms in total. The first-order chi connectivity index (χ1) is 8.65. The maximum Gasteiger partial charge on any atom is 0.237 e. The van der Waals surface area contributed by atoms with Gasteiger partial charge in [0.15, 0.2) is 0 Å². The molecule has 2 rings (SSSR count). The number of rotatable bonds is 3. The van der Waals surface area contributed by atoms with Crippen LogP contribution in [0.3, 0.4) is 0 Å². The van der Waals surface area contributed by atoms with Crippen LogP contribution in [0.15, 0.2) is 0 Å². The Morgan fingerprint density at radius 3 is 2.72 bits per heavy atom. The van der Waals surface area contributed by atoms with E-state index in [1.54, 1.807) is 0 Å². The fourth-order valence-electron chi connectivity index (χ4n) is 3.21. The molecular weight excluding hydrogens is 228 g/mol. The fourth-order valence-corrected chi connectivity index (χ4v) is 3.21. The number of carbonyl (C=O) groups excluding carboxylic acids is 1. The van der Waals surface area contributed by atoms with E-state index >= 15 is 0 Å². The average Bonchev–Trinajstić information content (AvgIpc) is 2.40. The molecule has 4 heteroatoms. The zero-order valence-corrected chi connectivity index (χ0v) is 11.4. The van der Waals surface area contributed by atoms with Crippen molar-refractivity contribution < 1.29 is 9.90 Å². The molecule has 1 saturated heterocycles. The summed E-state index contributed by atoms with van der Waals surface area (Å²) in [7, 11) is 0. The van der Waals surface area contributed by atoms with Crippen LogP contribution in [-0.2, 0) is 4.79 Å². The summed E-state index contributed by atoms with van der Waals surface area (Å²) >= 11 is 0.